The van der Waals surface area contributed by atoms with Crippen molar-refractivity contribution in [1.29, 1.82) is 0 Å². The highest BCUT2D eigenvalue weighted by atomic mass is 16.3. The van der Waals surface area contributed by atoms with Crippen molar-refractivity contribution in [3.63, 3.8) is 0 Å². The second kappa shape index (κ2) is 2.43. The molecule has 5 nitrogen and oxygen atoms in total. The van der Waals surface area contributed by atoms with E-state index in [4.69, 9.17) is 5.73 Å². The van der Waals surface area contributed by atoms with Crippen LogP contribution in [0.3, 0.4) is 0 Å². The molecule has 2 aliphatic carbocycles. The van der Waals surface area contributed by atoms with Crippen LogP contribution >= 0.6 is 0 Å². The highest BCUT2D eigenvalue weighted by molar-refractivity contribution is 5.72. The van der Waals surface area contributed by atoms with Gasteiger partial charge in [-0.2, -0.15) is 5.01 Å². The van der Waals surface area contributed by atoms with Crippen molar-refractivity contribution in [2.24, 2.45) is 22.9 Å². The minimum atomic E-state index is -0.718. The fourth-order valence-electron chi connectivity index (χ4n) is 2.39. The van der Waals surface area contributed by atoms with Gasteiger partial charge in [-0.05, 0) is 24.7 Å². The summed E-state index contributed by atoms with van der Waals surface area (Å²) in [5.41, 5.74) is 4.98. The monoisotopic (exact) mass is 169 g/mol. The number of fused-ring (bicyclic) bond motifs is 1. The van der Waals surface area contributed by atoms with Gasteiger partial charge < -0.3 is 5.73 Å². The van der Waals surface area contributed by atoms with E-state index in [0.29, 0.717) is 11.8 Å². The molecule has 0 heterocycles. The second-order valence-electron chi connectivity index (χ2n) is 3.51. The van der Waals surface area contributed by atoms with Crippen LogP contribution in [-0.4, -0.2) is 17.1 Å². The van der Waals surface area contributed by atoms with Crippen molar-refractivity contribution in [1.82, 2.24) is 5.01 Å². The maximum Gasteiger partial charge on any atom is 0.338 e. The van der Waals surface area contributed by atoms with Crippen molar-refractivity contribution < 1.29 is 4.79 Å². The van der Waals surface area contributed by atoms with Crippen molar-refractivity contribution in [3.8, 4) is 0 Å². The molecule has 12 heavy (non-hydrogen) atoms. The Morgan fingerprint density at radius 1 is 1.42 bits per heavy atom. The molecule has 0 aromatic carbocycles. The third-order valence-corrected chi connectivity index (χ3v) is 2.96. The molecule has 0 aliphatic heterocycles. The molecule has 2 aliphatic rings. The molecule has 0 aromatic heterocycles. The molecule has 5 heteroatoms. The molecule has 2 unspecified atom stereocenters. The Bertz CT molecular complexity index is 221. The number of amides is 2. The molecule has 2 atom stereocenters. The summed E-state index contributed by atoms with van der Waals surface area (Å²) in [4.78, 5) is 20.9. The highest BCUT2D eigenvalue weighted by Crippen LogP contribution is 2.54. The number of hydrogen-bond acceptors (Lipinski definition) is 3. The zero-order valence-electron chi connectivity index (χ0n) is 6.64. The SMILES string of the molecule is NC(=O)N(N=O)C1C2CCCC21. The van der Waals surface area contributed by atoms with Gasteiger partial charge in [0.1, 0.15) is 0 Å². The molecular formula is C7H11N3O2. The summed E-state index contributed by atoms with van der Waals surface area (Å²) < 4.78 is 0. The van der Waals surface area contributed by atoms with Crippen molar-refractivity contribution >= 4 is 6.03 Å². The van der Waals surface area contributed by atoms with Gasteiger partial charge in [-0.15, -0.1) is 4.91 Å². The number of urea groups is 1. The van der Waals surface area contributed by atoms with Crippen LogP contribution in [0.1, 0.15) is 19.3 Å². The Morgan fingerprint density at radius 3 is 2.42 bits per heavy atom. The van der Waals surface area contributed by atoms with Crippen LogP contribution in [0.4, 0.5) is 4.79 Å². The summed E-state index contributed by atoms with van der Waals surface area (Å²) in [5, 5.41) is 3.54. The third kappa shape index (κ3) is 0.888. The average Bonchev–Trinajstić information content (AvgIpc) is 2.53. The number of nitrogens with zero attached hydrogens (tertiary/aromatic N) is 2. The van der Waals surface area contributed by atoms with Gasteiger partial charge in [-0.3, -0.25) is 0 Å². The normalized spacial score (nSPS) is 37.2. The molecule has 0 bridgehead atoms. The molecule has 0 saturated heterocycles. The van der Waals surface area contributed by atoms with Crippen LogP contribution in [0.5, 0.6) is 0 Å². The summed E-state index contributed by atoms with van der Waals surface area (Å²) in [6.07, 6.45) is 3.42. The van der Waals surface area contributed by atoms with Gasteiger partial charge >= 0.3 is 6.03 Å². The standard InChI is InChI=1S/C7H11N3O2/c8-7(11)10(9-12)6-4-2-1-3-5(4)6/h4-6H,1-3H2,(H2,8,11). The number of nitrogens with two attached hydrogens (primary N) is 1. The minimum absolute atomic E-state index is 0.0220. The minimum Gasteiger partial charge on any atom is -0.350 e. The van der Waals surface area contributed by atoms with E-state index >= 15 is 0 Å². The van der Waals surface area contributed by atoms with Crippen molar-refractivity contribution in [3.05, 3.63) is 4.91 Å². The van der Waals surface area contributed by atoms with Crippen molar-refractivity contribution in [2.45, 2.75) is 25.3 Å². The molecule has 0 aromatic rings. The number of hydrogen-bond donors (Lipinski definition) is 1. The van der Waals surface area contributed by atoms with Crippen LogP contribution in [0, 0.1) is 16.7 Å². The summed E-state index contributed by atoms with van der Waals surface area (Å²) >= 11 is 0. The van der Waals surface area contributed by atoms with Gasteiger partial charge in [0.2, 0.25) is 0 Å². The Labute approximate surface area is 69.8 Å². The first-order chi connectivity index (χ1) is 5.75. The Balaban J connectivity index is 2.01. The summed E-state index contributed by atoms with van der Waals surface area (Å²) in [7, 11) is 0. The molecule has 2 fully saturated rings. The number of nitroso groups, excluding NO2 is 1. The van der Waals surface area contributed by atoms with E-state index in [1.54, 1.807) is 0 Å². The molecule has 2 amide bonds. The molecule has 2 N–H and O–H groups in total. The number of carbonyl (C=O) groups is 1. The number of carbonyl (C=O) groups excluding carboxylic acids is 1. The number of primary amides is 1. The maximum absolute atomic E-state index is 10.7. The predicted molar refractivity (Wildman–Crippen MR) is 41.8 cm³/mol. The van der Waals surface area contributed by atoms with Crippen LogP contribution in [0.15, 0.2) is 5.29 Å². The van der Waals surface area contributed by atoms with E-state index < -0.39 is 6.03 Å². The van der Waals surface area contributed by atoms with Crippen molar-refractivity contribution in [2.75, 3.05) is 0 Å². The van der Waals surface area contributed by atoms with Crippen LogP contribution in [0.2, 0.25) is 0 Å². The molecule has 0 spiro atoms. The zero-order chi connectivity index (χ0) is 8.72. The highest BCUT2D eigenvalue weighted by Gasteiger charge is 2.57. The topological polar surface area (TPSA) is 75.8 Å². The zero-order valence-corrected chi connectivity index (χ0v) is 6.64. The molecule has 66 valence electrons. The lowest BCUT2D eigenvalue weighted by atomic mass is 10.2. The van der Waals surface area contributed by atoms with E-state index in [2.05, 4.69) is 5.29 Å². The largest absolute Gasteiger partial charge is 0.350 e. The summed E-state index contributed by atoms with van der Waals surface area (Å²) in [5.74, 6) is 0.991. The first-order valence-corrected chi connectivity index (χ1v) is 4.17. The number of rotatable bonds is 2. The lowest BCUT2D eigenvalue weighted by Gasteiger charge is -2.11. The van der Waals surface area contributed by atoms with Gasteiger partial charge in [0, 0.05) is 0 Å². The molecular weight excluding hydrogens is 158 g/mol. The Morgan fingerprint density at radius 2 is 2.00 bits per heavy atom. The maximum atomic E-state index is 10.7. The molecule has 0 radical (unpaired) electrons. The Kier molecular flexibility index (Phi) is 1.52. The summed E-state index contributed by atoms with van der Waals surface area (Å²) in [6.45, 7) is 0. The summed E-state index contributed by atoms with van der Waals surface area (Å²) in [6, 6.07) is -0.696. The van der Waals surface area contributed by atoms with E-state index in [9.17, 15) is 9.70 Å². The lowest BCUT2D eigenvalue weighted by Crippen LogP contribution is -2.34. The smallest absolute Gasteiger partial charge is 0.338 e. The first-order valence-electron chi connectivity index (χ1n) is 4.17. The molecule has 2 saturated carbocycles. The van der Waals surface area contributed by atoms with Gasteiger partial charge in [-0.1, -0.05) is 6.42 Å². The first kappa shape index (κ1) is 7.52. The average molecular weight is 169 g/mol. The fraction of sp³-hybridized carbons (Fsp3) is 0.857. The van der Waals surface area contributed by atoms with Crippen LogP contribution < -0.4 is 5.73 Å². The quantitative estimate of drug-likeness (QED) is 0.491. The van der Waals surface area contributed by atoms with Crippen LogP contribution in [-0.2, 0) is 0 Å². The van der Waals surface area contributed by atoms with E-state index in [1.807, 2.05) is 0 Å². The molecule has 2 rings (SSSR count). The second-order valence-corrected chi connectivity index (χ2v) is 3.51. The van der Waals surface area contributed by atoms with Gasteiger partial charge in [0.05, 0.1) is 11.3 Å². The predicted octanol–water partition coefficient (Wildman–Crippen LogP) is 0.847. The van der Waals surface area contributed by atoms with Gasteiger partial charge in [0.25, 0.3) is 0 Å². The van der Waals surface area contributed by atoms with E-state index in [1.165, 1.54) is 6.42 Å². The van der Waals surface area contributed by atoms with E-state index in [0.717, 1.165) is 17.9 Å². The third-order valence-electron chi connectivity index (χ3n) is 2.96. The Hall–Kier alpha value is -1.13. The van der Waals surface area contributed by atoms with E-state index in [-0.39, 0.29) is 6.04 Å². The van der Waals surface area contributed by atoms with Gasteiger partial charge in [0.15, 0.2) is 0 Å². The lowest BCUT2D eigenvalue weighted by molar-refractivity contribution is 0.199. The van der Waals surface area contributed by atoms with Crippen LogP contribution in [0.25, 0.3) is 0 Å². The fourth-order valence-corrected chi connectivity index (χ4v) is 2.39. The van der Waals surface area contributed by atoms with Gasteiger partial charge in [-0.25, -0.2) is 4.79 Å².